The first-order chi connectivity index (χ1) is 9.13. The summed E-state index contributed by atoms with van der Waals surface area (Å²) in [5, 5.41) is 3.02. The van der Waals surface area contributed by atoms with Crippen LogP contribution in [-0.2, 0) is 0 Å². The molecule has 0 aliphatic heterocycles. The number of halogens is 3. The predicted octanol–water partition coefficient (Wildman–Crippen LogP) is 4.33. The summed E-state index contributed by atoms with van der Waals surface area (Å²) in [6.07, 6.45) is 6.74. The Bertz CT molecular complexity index is 428. The molecule has 19 heavy (non-hydrogen) atoms. The topological polar surface area (TPSA) is 12.0 Å². The zero-order valence-electron chi connectivity index (χ0n) is 11.2. The fourth-order valence-electron chi connectivity index (χ4n) is 2.97. The molecule has 1 saturated carbocycles. The molecule has 1 aliphatic rings. The minimum Gasteiger partial charge on any atom is -0.313 e. The summed E-state index contributed by atoms with van der Waals surface area (Å²) in [4.78, 5) is 0. The maximum Gasteiger partial charge on any atom is 0.194 e. The summed E-state index contributed by atoms with van der Waals surface area (Å²) in [7, 11) is 1.73. The lowest BCUT2D eigenvalue weighted by Crippen LogP contribution is -2.22. The van der Waals surface area contributed by atoms with Gasteiger partial charge >= 0.3 is 0 Å². The summed E-state index contributed by atoms with van der Waals surface area (Å²) in [5.41, 5.74) is 0.229. The van der Waals surface area contributed by atoms with E-state index in [2.05, 4.69) is 5.32 Å². The molecular weight excluding hydrogens is 251 g/mol. The van der Waals surface area contributed by atoms with Crippen LogP contribution in [0.1, 0.15) is 50.1 Å². The van der Waals surface area contributed by atoms with Crippen LogP contribution in [0.15, 0.2) is 12.1 Å². The number of hydrogen-bond acceptors (Lipinski definition) is 1. The number of nitrogens with one attached hydrogen (secondary N) is 1. The van der Waals surface area contributed by atoms with E-state index >= 15 is 0 Å². The van der Waals surface area contributed by atoms with Crippen molar-refractivity contribution in [2.45, 2.75) is 44.6 Å². The summed E-state index contributed by atoms with van der Waals surface area (Å²) in [6.45, 7) is 0. The van der Waals surface area contributed by atoms with Crippen LogP contribution in [0.4, 0.5) is 13.2 Å². The highest BCUT2D eigenvalue weighted by atomic mass is 19.2. The van der Waals surface area contributed by atoms with Crippen LogP contribution in [0.2, 0.25) is 0 Å². The van der Waals surface area contributed by atoms with Crippen molar-refractivity contribution in [2.24, 2.45) is 5.92 Å². The molecule has 1 atom stereocenters. The van der Waals surface area contributed by atoms with Gasteiger partial charge in [0, 0.05) is 11.6 Å². The van der Waals surface area contributed by atoms with Gasteiger partial charge in [-0.25, -0.2) is 13.2 Å². The Morgan fingerprint density at radius 3 is 2.42 bits per heavy atom. The van der Waals surface area contributed by atoms with Crippen molar-refractivity contribution < 1.29 is 13.2 Å². The zero-order valence-corrected chi connectivity index (χ0v) is 11.2. The van der Waals surface area contributed by atoms with Gasteiger partial charge in [0.25, 0.3) is 0 Å². The summed E-state index contributed by atoms with van der Waals surface area (Å²) in [5.74, 6) is -3.02. The number of hydrogen-bond donors (Lipinski definition) is 1. The SMILES string of the molecule is CNC(CC1CCCCC1)c1ccc(F)c(F)c1F. The van der Waals surface area contributed by atoms with Crippen LogP contribution in [0.25, 0.3) is 0 Å². The molecule has 1 aromatic carbocycles. The normalized spacial score (nSPS) is 18.5. The van der Waals surface area contributed by atoms with Crippen molar-refractivity contribution in [3.05, 3.63) is 35.1 Å². The minimum atomic E-state index is -1.37. The second-order valence-electron chi connectivity index (χ2n) is 5.35. The minimum absolute atomic E-state index is 0.229. The van der Waals surface area contributed by atoms with Crippen LogP contribution >= 0.6 is 0 Å². The molecule has 1 N–H and O–H groups in total. The summed E-state index contributed by atoms with van der Waals surface area (Å²) in [6, 6.07) is 2.09. The van der Waals surface area contributed by atoms with Gasteiger partial charge in [-0.2, -0.15) is 0 Å². The monoisotopic (exact) mass is 271 g/mol. The Morgan fingerprint density at radius 1 is 1.11 bits per heavy atom. The van der Waals surface area contributed by atoms with E-state index in [9.17, 15) is 13.2 Å². The first-order valence-electron chi connectivity index (χ1n) is 6.94. The van der Waals surface area contributed by atoms with Crippen LogP contribution < -0.4 is 5.32 Å². The lowest BCUT2D eigenvalue weighted by molar-refractivity contribution is 0.301. The maximum atomic E-state index is 13.8. The quantitative estimate of drug-likeness (QED) is 0.803. The van der Waals surface area contributed by atoms with E-state index in [-0.39, 0.29) is 11.6 Å². The van der Waals surface area contributed by atoms with Gasteiger partial charge in [-0.05, 0) is 25.5 Å². The van der Waals surface area contributed by atoms with Crippen molar-refractivity contribution >= 4 is 0 Å². The highest BCUT2D eigenvalue weighted by Gasteiger charge is 2.23. The van der Waals surface area contributed by atoms with Gasteiger partial charge in [-0.3, -0.25) is 0 Å². The van der Waals surface area contributed by atoms with Crippen molar-refractivity contribution in [2.75, 3.05) is 7.05 Å². The van der Waals surface area contributed by atoms with E-state index in [0.29, 0.717) is 5.92 Å². The largest absolute Gasteiger partial charge is 0.313 e. The van der Waals surface area contributed by atoms with E-state index in [1.165, 1.54) is 25.3 Å². The van der Waals surface area contributed by atoms with Crippen LogP contribution in [0.5, 0.6) is 0 Å². The zero-order chi connectivity index (χ0) is 13.8. The third kappa shape index (κ3) is 3.30. The third-order valence-corrected chi connectivity index (χ3v) is 4.08. The van der Waals surface area contributed by atoms with Gasteiger partial charge in [-0.1, -0.05) is 38.2 Å². The highest BCUT2D eigenvalue weighted by molar-refractivity contribution is 5.23. The average molecular weight is 271 g/mol. The Kier molecular flexibility index (Phi) is 4.86. The van der Waals surface area contributed by atoms with Gasteiger partial charge < -0.3 is 5.32 Å². The molecule has 1 nitrogen and oxygen atoms in total. The molecule has 0 aromatic heterocycles. The van der Waals surface area contributed by atoms with Gasteiger partial charge in [0.1, 0.15) is 0 Å². The lowest BCUT2D eigenvalue weighted by Gasteiger charge is -2.27. The van der Waals surface area contributed by atoms with Gasteiger partial charge in [0.2, 0.25) is 0 Å². The predicted molar refractivity (Wildman–Crippen MR) is 69.3 cm³/mol. The van der Waals surface area contributed by atoms with E-state index in [1.54, 1.807) is 7.05 Å². The molecule has 0 radical (unpaired) electrons. The lowest BCUT2D eigenvalue weighted by atomic mass is 9.83. The summed E-state index contributed by atoms with van der Waals surface area (Å²) < 4.78 is 40.0. The molecule has 1 aliphatic carbocycles. The fraction of sp³-hybridized carbons (Fsp3) is 0.600. The molecular formula is C15H20F3N. The van der Waals surface area contributed by atoms with Crippen molar-refractivity contribution in [3.8, 4) is 0 Å². The molecule has 0 amide bonds. The molecule has 1 aromatic rings. The summed E-state index contributed by atoms with van der Waals surface area (Å²) >= 11 is 0. The second-order valence-corrected chi connectivity index (χ2v) is 5.35. The van der Waals surface area contributed by atoms with Crippen molar-refractivity contribution in [1.29, 1.82) is 0 Å². The van der Waals surface area contributed by atoms with Gasteiger partial charge in [0.15, 0.2) is 17.5 Å². The van der Waals surface area contributed by atoms with E-state index in [1.807, 2.05) is 0 Å². The first kappa shape index (κ1) is 14.4. The van der Waals surface area contributed by atoms with E-state index in [0.717, 1.165) is 25.3 Å². The van der Waals surface area contributed by atoms with Gasteiger partial charge in [0.05, 0.1) is 0 Å². The van der Waals surface area contributed by atoms with Crippen LogP contribution in [0.3, 0.4) is 0 Å². The standard InChI is InChI=1S/C15H20F3N/c1-19-13(9-10-5-3-2-4-6-10)11-7-8-12(16)15(18)14(11)17/h7-8,10,13,19H,2-6,9H2,1H3. The number of rotatable bonds is 4. The first-order valence-corrected chi connectivity index (χ1v) is 6.94. The smallest absolute Gasteiger partial charge is 0.194 e. The molecule has 0 bridgehead atoms. The highest BCUT2D eigenvalue weighted by Crippen LogP contribution is 2.33. The molecule has 1 fully saturated rings. The average Bonchev–Trinajstić information content (AvgIpc) is 2.44. The molecule has 0 spiro atoms. The third-order valence-electron chi connectivity index (χ3n) is 4.08. The molecule has 1 unspecified atom stereocenters. The van der Waals surface area contributed by atoms with E-state index in [4.69, 9.17) is 0 Å². The molecule has 0 saturated heterocycles. The maximum absolute atomic E-state index is 13.8. The Hall–Kier alpha value is -1.03. The fourth-order valence-corrected chi connectivity index (χ4v) is 2.97. The molecule has 0 heterocycles. The molecule has 4 heteroatoms. The molecule has 106 valence electrons. The van der Waals surface area contributed by atoms with E-state index < -0.39 is 17.5 Å². The van der Waals surface area contributed by atoms with Gasteiger partial charge in [-0.15, -0.1) is 0 Å². The Labute approximate surface area is 112 Å². The second kappa shape index (κ2) is 6.42. The van der Waals surface area contributed by atoms with Crippen molar-refractivity contribution in [1.82, 2.24) is 5.32 Å². The van der Waals surface area contributed by atoms with Crippen LogP contribution in [0, 0.1) is 23.4 Å². The number of benzene rings is 1. The Morgan fingerprint density at radius 2 is 1.79 bits per heavy atom. The Balaban J connectivity index is 2.14. The van der Waals surface area contributed by atoms with Crippen molar-refractivity contribution in [3.63, 3.8) is 0 Å². The molecule has 2 rings (SSSR count). The van der Waals surface area contributed by atoms with Crippen LogP contribution in [-0.4, -0.2) is 7.05 Å².